The van der Waals surface area contributed by atoms with Gasteiger partial charge in [-0.1, -0.05) is 0 Å². The summed E-state index contributed by atoms with van der Waals surface area (Å²) in [6.07, 6.45) is 7.59. The van der Waals surface area contributed by atoms with E-state index in [1.165, 1.54) is 5.56 Å². The molecule has 0 aliphatic heterocycles. The Morgan fingerprint density at radius 2 is 1.50 bits per heavy atom. The molecule has 0 N–H and O–H groups in total. The molecule has 0 atom stereocenters. The van der Waals surface area contributed by atoms with Crippen LogP contribution in [0.25, 0.3) is 0 Å². The van der Waals surface area contributed by atoms with Crippen LogP contribution in [0.15, 0.2) is 62.4 Å². The highest BCUT2D eigenvalue weighted by Gasteiger charge is 2.09. The number of rotatable bonds is 5. The van der Waals surface area contributed by atoms with E-state index >= 15 is 0 Å². The molecule has 3 heteroatoms. The van der Waals surface area contributed by atoms with E-state index in [9.17, 15) is 0 Å². The van der Waals surface area contributed by atoms with E-state index in [4.69, 9.17) is 13.3 Å². The Bertz CT molecular complexity index is 573. The summed E-state index contributed by atoms with van der Waals surface area (Å²) in [6.45, 7) is 0. The van der Waals surface area contributed by atoms with Crippen molar-refractivity contribution in [2.45, 2.75) is 19.3 Å². The van der Waals surface area contributed by atoms with Crippen molar-refractivity contribution in [2.75, 3.05) is 0 Å². The van der Waals surface area contributed by atoms with Crippen LogP contribution in [-0.4, -0.2) is 0 Å². The van der Waals surface area contributed by atoms with Gasteiger partial charge in [-0.2, -0.15) is 0 Å². The van der Waals surface area contributed by atoms with E-state index in [-0.39, 0.29) is 0 Å². The molecule has 3 rings (SSSR count). The normalized spacial score (nSPS) is 10.9. The summed E-state index contributed by atoms with van der Waals surface area (Å²) in [6, 6.07) is 9.76. The van der Waals surface area contributed by atoms with Crippen molar-refractivity contribution in [3.8, 4) is 0 Å². The molecule has 18 heavy (non-hydrogen) atoms. The minimum atomic E-state index is 0.775. The SMILES string of the molecule is c1coc(CCc2occc2Cc2ccco2)c1. The zero-order chi connectivity index (χ0) is 12.2. The molecule has 0 spiro atoms. The monoisotopic (exact) mass is 242 g/mol. The average Bonchev–Trinajstić information content (AvgIpc) is 3.10. The van der Waals surface area contributed by atoms with Gasteiger partial charge in [0.05, 0.1) is 18.8 Å². The molecule has 3 aromatic rings. The Morgan fingerprint density at radius 3 is 2.22 bits per heavy atom. The van der Waals surface area contributed by atoms with E-state index in [1.54, 1.807) is 18.8 Å². The second kappa shape index (κ2) is 5.00. The van der Waals surface area contributed by atoms with E-state index in [2.05, 4.69) is 0 Å². The summed E-state index contributed by atoms with van der Waals surface area (Å²) < 4.78 is 16.2. The lowest BCUT2D eigenvalue weighted by molar-refractivity contribution is 0.470. The third-order valence-electron chi connectivity index (χ3n) is 2.96. The highest BCUT2D eigenvalue weighted by molar-refractivity contribution is 5.23. The molecule has 3 nitrogen and oxygen atoms in total. The van der Waals surface area contributed by atoms with Crippen LogP contribution in [-0.2, 0) is 19.3 Å². The topological polar surface area (TPSA) is 39.4 Å². The van der Waals surface area contributed by atoms with Crippen molar-refractivity contribution in [3.05, 3.63) is 72.0 Å². The van der Waals surface area contributed by atoms with E-state index in [0.29, 0.717) is 0 Å². The van der Waals surface area contributed by atoms with Crippen LogP contribution in [0.1, 0.15) is 22.8 Å². The molecule has 0 aromatic carbocycles. The van der Waals surface area contributed by atoms with Gasteiger partial charge < -0.3 is 13.3 Å². The van der Waals surface area contributed by atoms with Gasteiger partial charge >= 0.3 is 0 Å². The van der Waals surface area contributed by atoms with Crippen molar-refractivity contribution < 1.29 is 13.3 Å². The van der Waals surface area contributed by atoms with Gasteiger partial charge in [-0.25, -0.2) is 0 Å². The Morgan fingerprint density at radius 1 is 0.722 bits per heavy atom. The fraction of sp³-hybridized carbons (Fsp3) is 0.200. The fourth-order valence-electron chi connectivity index (χ4n) is 2.04. The van der Waals surface area contributed by atoms with Gasteiger partial charge in [-0.05, 0) is 30.3 Å². The number of hydrogen-bond acceptors (Lipinski definition) is 3. The lowest BCUT2D eigenvalue weighted by Gasteiger charge is -2.00. The second-order valence-electron chi connectivity index (χ2n) is 4.20. The molecular formula is C15H14O3. The van der Waals surface area contributed by atoms with E-state index in [1.807, 2.05) is 30.3 Å². The van der Waals surface area contributed by atoms with E-state index < -0.39 is 0 Å². The first-order valence-electron chi connectivity index (χ1n) is 6.02. The first kappa shape index (κ1) is 11.0. The first-order chi connectivity index (χ1) is 8.92. The van der Waals surface area contributed by atoms with Gasteiger partial charge in [0.1, 0.15) is 17.3 Å². The summed E-state index contributed by atoms with van der Waals surface area (Å²) >= 11 is 0. The molecule has 0 saturated heterocycles. The molecule has 92 valence electrons. The van der Waals surface area contributed by atoms with Crippen LogP contribution in [0, 0.1) is 0 Å². The highest BCUT2D eigenvalue weighted by Crippen LogP contribution is 2.18. The third-order valence-corrected chi connectivity index (χ3v) is 2.96. The van der Waals surface area contributed by atoms with E-state index in [0.717, 1.165) is 36.5 Å². The molecule has 3 aromatic heterocycles. The Balaban J connectivity index is 1.67. The maximum Gasteiger partial charge on any atom is 0.108 e. The molecular weight excluding hydrogens is 228 g/mol. The largest absolute Gasteiger partial charge is 0.469 e. The lowest BCUT2D eigenvalue weighted by Crippen LogP contribution is -1.93. The van der Waals surface area contributed by atoms with Gasteiger partial charge in [0.2, 0.25) is 0 Å². The molecule has 0 aliphatic rings. The summed E-state index contributed by atoms with van der Waals surface area (Å²) in [4.78, 5) is 0. The number of hydrogen-bond donors (Lipinski definition) is 0. The fourth-order valence-corrected chi connectivity index (χ4v) is 2.04. The van der Waals surface area contributed by atoms with Crippen molar-refractivity contribution in [1.82, 2.24) is 0 Å². The molecule has 0 aliphatic carbocycles. The third kappa shape index (κ3) is 2.40. The first-order valence-corrected chi connectivity index (χ1v) is 6.02. The standard InChI is InChI=1S/C15H14O3/c1-3-13(16-8-1)5-6-15-12(7-10-18-15)11-14-4-2-9-17-14/h1-4,7-10H,5-6,11H2. The Kier molecular flexibility index (Phi) is 3.05. The average molecular weight is 242 g/mol. The molecule has 0 unspecified atom stereocenters. The van der Waals surface area contributed by atoms with Crippen molar-refractivity contribution in [2.24, 2.45) is 0 Å². The smallest absolute Gasteiger partial charge is 0.108 e. The van der Waals surface area contributed by atoms with Crippen LogP contribution in [0.2, 0.25) is 0 Å². The summed E-state index contributed by atoms with van der Waals surface area (Å²) in [5.74, 6) is 2.94. The van der Waals surface area contributed by atoms with Crippen molar-refractivity contribution >= 4 is 0 Å². The Labute approximate surface area is 105 Å². The van der Waals surface area contributed by atoms with Gasteiger partial charge in [0, 0.05) is 24.8 Å². The molecule has 0 amide bonds. The van der Waals surface area contributed by atoms with Gasteiger partial charge in [0.15, 0.2) is 0 Å². The highest BCUT2D eigenvalue weighted by atomic mass is 16.3. The quantitative estimate of drug-likeness (QED) is 0.682. The summed E-state index contributed by atoms with van der Waals surface area (Å²) in [7, 11) is 0. The van der Waals surface area contributed by atoms with Crippen molar-refractivity contribution in [3.63, 3.8) is 0 Å². The minimum Gasteiger partial charge on any atom is -0.469 e. The molecule has 0 radical (unpaired) electrons. The molecule has 3 heterocycles. The predicted octanol–water partition coefficient (Wildman–Crippen LogP) is 3.84. The summed E-state index contributed by atoms with van der Waals surface area (Å²) in [5, 5.41) is 0. The van der Waals surface area contributed by atoms with Crippen LogP contribution in [0.3, 0.4) is 0 Å². The lowest BCUT2D eigenvalue weighted by atomic mass is 10.1. The van der Waals surface area contributed by atoms with Crippen LogP contribution in [0.5, 0.6) is 0 Å². The van der Waals surface area contributed by atoms with Crippen LogP contribution < -0.4 is 0 Å². The molecule has 0 saturated carbocycles. The predicted molar refractivity (Wildman–Crippen MR) is 66.3 cm³/mol. The van der Waals surface area contributed by atoms with Crippen LogP contribution in [0.4, 0.5) is 0 Å². The van der Waals surface area contributed by atoms with Crippen molar-refractivity contribution in [1.29, 1.82) is 0 Å². The summed E-state index contributed by atoms with van der Waals surface area (Å²) in [5.41, 5.74) is 1.18. The molecule has 0 fully saturated rings. The van der Waals surface area contributed by atoms with Crippen LogP contribution >= 0.6 is 0 Å². The number of furan rings is 3. The number of aryl methyl sites for hydroxylation is 2. The maximum atomic E-state index is 5.53. The van der Waals surface area contributed by atoms with Gasteiger partial charge in [-0.3, -0.25) is 0 Å². The second-order valence-corrected chi connectivity index (χ2v) is 4.20. The zero-order valence-corrected chi connectivity index (χ0v) is 9.96. The maximum absolute atomic E-state index is 5.53. The van der Waals surface area contributed by atoms with Gasteiger partial charge in [-0.15, -0.1) is 0 Å². The molecule has 0 bridgehead atoms. The van der Waals surface area contributed by atoms with Gasteiger partial charge in [0.25, 0.3) is 0 Å². The minimum absolute atomic E-state index is 0.775. The zero-order valence-electron chi connectivity index (χ0n) is 9.96. The Hall–Kier alpha value is -2.16.